The summed E-state index contributed by atoms with van der Waals surface area (Å²) in [5, 5.41) is 0. The molecule has 0 aliphatic heterocycles. The fourth-order valence-electron chi connectivity index (χ4n) is 0. The monoisotopic (exact) mass is 204 g/mol. The normalized spacial score (nSPS) is 9.00. The van der Waals surface area contributed by atoms with Crippen molar-refractivity contribution < 1.29 is 16.0 Å². The predicted molar refractivity (Wildman–Crippen MR) is 29.1 cm³/mol. The van der Waals surface area contributed by atoms with Crippen molar-refractivity contribution in [2.24, 2.45) is 0 Å². The van der Waals surface area contributed by atoms with E-state index in [-0.39, 0.29) is 0 Å². The SMILES string of the molecule is C=CCl.O=[As](O)(O)O. The van der Waals surface area contributed by atoms with Crippen molar-refractivity contribution in [3.63, 3.8) is 0 Å². The van der Waals surface area contributed by atoms with Gasteiger partial charge < -0.3 is 0 Å². The minimum atomic E-state index is -5.12. The van der Waals surface area contributed by atoms with Crippen molar-refractivity contribution in [2.75, 3.05) is 0 Å². The van der Waals surface area contributed by atoms with Crippen molar-refractivity contribution >= 4 is 26.1 Å². The van der Waals surface area contributed by atoms with Crippen LogP contribution in [0.15, 0.2) is 12.1 Å². The Balaban J connectivity index is 0. The van der Waals surface area contributed by atoms with E-state index in [2.05, 4.69) is 6.58 Å². The summed E-state index contributed by atoms with van der Waals surface area (Å²) in [6.07, 6.45) is 0. The Hall–Kier alpha value is 0.268. The van der Waals surface area contributed by atoms with Crippen LogP contribution in [-0.4, -0.2) is 26.8 Å². The summed E-state index contributed by atoms with van der Waals surface area (Å²) in [5.74, 6) is 0. The van der Waals surface area contributed by atoms with Gasteiger partial charge in [0.25, 0.3) is 0 Å². The molecule has 0 aromatic heterocycles. The second-order valence-electron chi connectivity index (χ2n) is 0.668. The third-order valence-electron chi connectivity index (χ3n) is 0. The summed E-state index contributed by atoms with van der Waals surface area (Å²) >= 11 is -0.363. The molecule has 6 heteroatoms. The molecule has 3 N–H and O–H groups in total. The summed E-state index contributed by atoms with van der Waals surface area (Å²) < 4.78 is 30.7. The van der Waals surface area contributed by atoms with Crippen LogP contribution in [0.4, 0.5) is 0 Å². The first-order valence-electron chi connectivity index (χ1n) is 1.41. The zero-order valence-electron chi connectivity index (χ0n) is 3.86. The standard InChI is InChI=1S/C2H3Cl.AsH3O4/c1-2-3;2-1(3,4)5/h2H,1H2;(H3,2,3,4,5). The van der Waals surface area contributed by atoms with E-state index in [9.17, 15) is 0 Å². The number of hydrogen-bond donors (Lipinski definition) is 3. The molecule has 0 atom stereocenters. The number of hydrogen-bond acceptors (Lipinski definition) is 1. The molecule has 0 unspecified atom stereocenters. The maximum absolute atomic E-state index is 8.94. The summed E-state index contributed by atoms with van der Waals surface area (Å²) in [7, 11) is 0. The van der Waals surface area contributed by atoms with Crippen molar-refractivity contribution in [2.45, 2.75) is 0 Å². The number of rotatable bonds is 0. The van der Waals surface area contributed by atoms with E-state index in [0.29, 0.717) is 0 Å². The van der Waals surface area contributed by atoms with Crippen LogP contribution in [0, 0.1) is 0 Å². The Morgan fingerprint density at radius 2 is 1.50 bits per heavy atom. The fraction of sp³-hybridized carbons (Fsp3) is 0. The van der Waals surface area contributed by atoms with E-state index in [0.717, 1.165) is 0 Å². The molecule has 8 heavy (non-hydrogen) atoms. The molecule has 0 amide bonds. The third-order valence-corrected chi connectivity index (χ3v) is 0. The molecular formula is C2H6AsClO4. The van der Waals surface area contributed by atoms with E-state index in [1.54, 1.807) is 0 Å². The van der Waals surface area contributed by atoms with Gasteiger partial charge in [-0.2, -0.15) is 0 Å². The minimum absolute atomic E-state index is 1.22. The first-order chi connectivity index (χ1) is 3.41. The molecule has 0 aliphatic rings. The van der Waals surface area contributed by atoms with Gasteiger partial charge in [0.15, 0.2) is 0 Å². The van der Waals surface area contributed by atoms with Crippen molar-refractivity contribution in [1.29, 1.82) is 0 Å². The molecule has 0 radical (unpaired) electrons. The first kappa shape index (κ1) is 11.1. The van der Waals surface area contributed by atoms with Crippen LogP contribution in [0.1, 0.15) is 0 Å². The average Bonchev–Trinajstić information content (AvgIpc) is 1.27. The van der Waals surface area contributed by atoms with Crippen molar-refractivity contribution in [1.82, 2.24) is 0 Å². The van der Waals surface area contributed by atoms with E-state index in [1.165, 1.54) is 5.54 Å². The van der Waals surface area contributed by atoms with Crippen molar-refractivity contribution in [3.8, 4) is 0 Å². The van der Waals surface area contributed by atoms with Crippen LogP contribution in [0.2, 0.25) is 0 Å². The van der Waals surface area contributed by atoms with E-state index in [4.69, 9.17) is 27.6 Å². The predicted octanol–water partition coefficient (Wildman–Crippen LogP) is -0.802. The number of halogens is 1. The van der Waals surface area contributed by atoms with Gasteiger partial charge in [-0.05, 0) is 5.54 Å². The van der Waals surface area contributed by atoms with Crippen LogP contribution in [0.5, 0.6) is 0 Å². The van der Waals surface area contributed by atoms with Gasteiger partial charge >= 0.3 is 30.5 Å². The van der Waals surface area contributed by atoms with Crippen LogP contribution < -0.4 is 0 Å². The molecule has 0 saturated heterocycles. The molecule has 50 valence electrons. The van der Waals surface area contributed by atoms with Gasteiger partial charge in [-0.25, -0.2) is 0 Å². The fourth-order valence-corrected chi connectivity index (χ4v) is 0. The molecule has 0 aromatic rings. The summed E-state index contributed by atoms with van der Waals surface area (Å²) in [5.41, 5.74) is 1.22. The van der Waals surface area contributed by atoms with Crippen LogP contribution in [0.25, 0.3) is 0 Å². The third kappa shape index (κ3) is 2410. The van der Waals surface area contributed by atoms with E-state index >= 15 is 0 Å². The van der Waals surface area contributed by atoms with E-state index < -0.39 is 14.5 Å². The quantitative estimate of drug-likeness (QED) is 0.452. The Bertz CT molecular complexity index is 87.9. The zero-order chi connectivity index (χ0) is 7.21. The molecular weight excluding hydrogens is 198 g/mol. The van der Waals surface area contributed by atoms with E-state index in [1.807, 2.05) is 0 Å². The molecule has 0 saturated carbocycles. The van der Waals surface area contributed by atoms with Gasteiger partial charge in [0.2, 0.25) is 0 Å². The average molecular weight is 204 g/mol. The van der Waals surface area contributed by atoms with Gasteiger partial charge in [0, 0.05) is 0 Å². The van der Waals surface area contributed by atoms with Gasteiger partial charge in [-0.15, -0.1) is 0 Å². The topological polar surface area (TPSA) is 77.8 Å². The van der Waals surface area contributed by atoms with Crippen LogP contribution in [-0.2, 0) is 3.74 Å². The molecule has 0 spiro atoms. The second kappa shape index (κ2) is 5.41. The van der Waals surface area contributed by atoms with Gasteiger partial charge in [-0.1, -0.05) is 18.2 Å². The molecule has 0 aliphatic carbocycles. The van der Waals surface area contributed by atoms with Gasteiger partial charge in [-0.3, -0.25) is 0 Å². The molecule has 4 nitrogen and oxygen atoms in total. The molecule has 0 heterocycles. The summed E-state index contributed by atoms with van der Waals surface area (Å²) in [6.45, 7) is 3.13. The summed E-state index contributed by atoms with van der Waals surface area (Å²) in [6, 6.07) is 0. The van der Waals surface area contributed by atoms with Crippen molar-refractivity contribution in [3.05, 3.63) is 12.1 Å². The Morgan fingerprint density at radius 1 is 1.50 bits per heavy atom. The van der Waals surface area contributed by atoms with Crippen LogP contribution in [0.3, 0.4) is 0 Å². The molecule has 0 rings (SSSR count). The Kier molecular flexibility index (Phi) is 7.51. The molecule has 0 aromatic carbocycles. The van der Waals surface area contributed by atoms with Gasteiger partial charge in [0.1, 0.15) is 0 Å². The summed E-state index contributed by atoms with van der Waals surface area (Å²) in [4.78, 5) is 0. The first-order valence-corrected chi connectivity index (χ1v) is 5.13. The molecule has 0 bridgehead atoms. The zero-order valence-corrected chi connectivity index (χ0v) is 6.49. The Morgan fingerprint density at radius 3 is 1.50 bits per heavy atom. The second-order valence-corrected chi connectivity index (χ2v) is 3.13. The van der Waals surface area contributed by atoms with Crippen LogP contribution >= 0.6 is 11.6 Å². The Labute approximate surface area is 54.8 Å². The maximum atomic E-state index is 8.94. The molecule has 0 fully saturated rings. The van der Waals surface area contributed by atoms with Gasteiger partial charge in [0.05, 0.1) is 0 Å².